The van der Waals surface area contributed by atoms with E-state index in [1.807, 2.05) is 41.9 Å². The van der Waals surface area contributed by atoms with E-state index in [9.17, 15) is 4.79 Å². The third-order valence-corrected chi connectivity index (χ3v) is 3.68. The Bertz CT molecular complexity index is 907. The zero-order chi connectivity index (χ0) is 16.9. The summed E-state index contributed by atoms with van der Waals surface area (Å²) in [6.07, 6.45) is 0. The van der Waals surface area contributed by atoms with Crippen molar-refractivity contribution in [1.29, 1.82) is 5.26 Å². The summed E-state index contributed by atoms with van der Waals surface area (Å²) in [6.45, 7) is 0.247. The van der Waals surface area contributed by atoms with Crippen molar-refractivity contribution < 1.29 is 9.53 Å². The molecule has 6 nitrogen and oxygen atoms in total. The number of nitrogens with one attached hydrogen (secondary N) is 1. The quantitative estimate of drug-likeness (QED) is 0.781. The highest BCUT2D eigenvalue weighted by molar-refractivity contribution is 5.78. The third kappa shape index (κ3) is 3.36. The Morgan fingerprint density at radius 2 is 2.00 bits per heavy atom. The summed E-state index contributed by atoms with van der Waals surface area (Å²) in [5, 5.41) is 11.5. The van der Waals surface area contributed by atoms with Gasteiger partial charge in [-0.3, -0.25) is 4.79 Å². The predicted octanol–water partition coefficient (Wildman–Crippen LogP) is 2.14. The molecule has 1 heterocycles. The van der Waals surface area contributed by atoms with E-state index in [2.05, 4.69) is 10.3 Å². The Morgan fingerprint density at radius 1 is 1.25 bits per heavy atom. The maximum atomic E-state index is 11.9. The van der Waals surface area contributed by atoms with Crippen molar-refractivity contribution in [3.8, 4) is 11.8 Å². The molecule has 0 aliphatic rings. The summed E-state index contributed by atoms with van der Waals surface area (Å²) in [4.78, 5) is 16.4. The molecule has 3 rings (SSSR count). The zero-order valence-electron chi connectivity index (χ0n) is 13.2. The maximum absolute atomic E-state index is 11.9. The number of carbonyl (C=O) groups excluding carboxylic acids is 1. The number of rotatable bonds is 5. The molecule has 0 fully saturated rings. The van der Waals surface area contributed by atoms with Gasteiger partial charge < -0.3 is 14.6 Å². The fourth-order valence-corrected chi connectivity index (χ4v) is 2.36. The second-order valence-electron chi connectivity index (χ2n) is 5.28. The van der Waals surface area contributed by atoms with Crippen LogP contribution < -0.4 is 10.1 Å². The highest BCUT2D eigenvalue weighted by Gasteiger charge is 2.09. The molecule has 0 spiro atoms. The van der Waals surface area contributed by atoms with Crippen LogP contribution in [0.3, 0.4) is 0 Å². The van der Waals surface area contributed by atoms with Gasteiger partial charge in [0.2, 0.25) is 0 Å². The molecule has 0 aliphatic carbocycles. The molecule has 1 amide bonds. The van der Waals surface area contributed by atoms with Crippen LogP contribution in [0.15, 0.2) is 48.5 Å². The summed E-state index contributed by atoms with van der Waals surface area (Å²) in [6, 6.07) is 16.5. The fourth-order valence-electron chi connectivity index (χ4n) is 2.36. The second kappa shape index (κ2) is 6.84. The van der Waals surface area contributed by atoms with E-state index in [0.29, 0.717) is 17.9 Å². The molecule has 3 aromatic rings. The predicted molar refractivity (Wildman–Crippen MR) is 89.2 cm³/mol. The Kier molecular flexibility index (Phi) is 4.43. The lowest BCUT2D eigenvalue weighted by Crippen LogP contribution is -2.29. The number of benzene rings is 2. The number of carbonyl (C=O) groups is 1. The summed E-state index contributed by atoms with van der Waals surface area (Å²) in [5.74, 6) is 1.10. The zero-order valence-corrected chi connectivity index (χ0v) is 13.2. The Hall–Kier alpha value is -3.33. The summed E-state index contributed by atoms with van der Waals surface area (Å²) < 4.78 is 7.35. The van der Waals surface area contributed by atoms with E-state index in [1.54, 1.807) is 24.3 Å². The lowest BCUT2D eigenvalue weighted by molar-refractivity contribution is -0.123. The van der Waals surface area contributed by atoms with Gasteiger partial charge in [-0.2, -0.15) is 5.26 Å². The summed E-state index contributed by atoms with van der Waals surface area (Å²) >= 11 is 0. The number of para-hydroxylation sites is 2. The number of hydrogen-bond donors (Lipinski definition) is 1. The molecule has 0 saturated heterocycles. The molecule has 1 N–H and O–H groups in total. The molecular formula is C18H16N4O2. The molecular weight excluding hydrogens is 304 g/mol. The van der Waals surface area contributed by atoms with Crippen LogP contribution in [0.4, 0.5) is 0 Å². The number of fused-ring (bicyclic) bond motifs is 1. The van der Waals surface area contributed by atoms with Crippen molar-refractivity contribution in [3.05, 3.63) is 59.9 Å². The third-order valence-electron chi connectivity index (χ3n) is 3.68. The standard InChI is InChI=1S/C18H16N4O2/c1-22-16-5-3-2-4-15(16)21-17(22)11-20-18(23)12-24-14-8-6-13(10-19)7-9-14/h2-9H,11-12H2,1H3,(H,20,23). The molecule has 0 aliphatic heterocycles. The number of amides is 1. The van der Waals surface area contributed by atoms with Crippen LogP contribution in [0.25, 0.3) is 11.0 Å². The van der Waals surface area contributed by atoms with Crippen molar-refractivity contribution in [3.63, 3.8) is 0 Å². The highest BCUT2D eigenvalue weighted by atomic mass is 16.5. The number of imidazole rings is 1. The first kappa shape index (κ1) is 15.6. The van der Waals surface area contributed by atoms with Gasteiger partial charge >= 0.3 is 0 Å². The SMILES string of the molecule is Cn1c(CNC(=O)COc2ccc(C#N)cc2)nc2ccccc21. The molecule has 0 unspecified atom stereocenters. The molecule has 1 aromatic heterocycles. The lowest BCUT2D eigenvalue weighted by Gasteiger charge is -2.07. The molecule has 120 valence electrons. The van der Waals surface area contributed by atoms with Crippen molar-refractivity contribution >= 4 is 16.9 Å². The van der Waals surface area contributed by atoms with Crippen molar-refractivity contribution in [2.24, 2.45) is 7.05 Å². The molecule has 0 atom stereocenters. The Balaban J connectivity index is 1.55. The first-order valence-electron chi connectivity index (χ1n) is 7.47. The van der Waals surface area contributed by atoms with Crippen LogP contribution in [0.1, 0.15) is 11.4 Å². The molecule has 0 bridgehead atoms. The van der Waals surface area contributed by atoms with Crippen LogP contribution in [0.5, 0.6) is 5.75 Å². The molecule has 6 heteroatoms. The molecule has 0 saturated carbocycles. The minimum Gasteiger partial charge on any atom is -0.484 e. The van der Waals surface area contributed by atoms with Crippen LogP contribution in [-0.2, 0) is 18.4 Å². The minimum atomic E-state index is -0.230. The van der Waals surface area contributed by atoms with Crippen molar-refractivity contribution in [1.82, 2.24) is 14.9 Å². The van der Waals surface area contributed by atoms with E-state index >= 15 is 0 Å². The van der Waals surface area contributed by atoms with Gasteiger partial charge in [0.1, 0.15) is 11.6 Å². The first-order chi connectivity index (χ1) is 11.7. The molecule has 24 heavy (non-hydrogen) atoms. The van der Waals surface area contributed by atoms with Crippen LogP contribution >= 0.6 is 0 Å². The fraction of sp³-hybridized carbons (Fsp3) is 0.167. The van der Waals surface area contributed by atoms with Gasteiger partial charge in [-0.15, -0.1) is 0 Å². The molecule has 2 aromatic carbocycles. The number of aromatic nitrogens is 2. The largest absolute Gasteiger partial charge is 0.484 e. The average Bonchev–Trinajstić information content (AvgIpc) is 2.95. The average molecular weight is 320 g/mol. The Morgan fingerprint density at radius 3 is 2.71 bits per heavy atom. The number of ether oxygens (including phenoxy) is 1. The first-order valence-corrected chi connectivity index (χ1v) is 7.47. The number of hydrogen-bond acceptors (Lipinski definition) is 4. The van der Waals surface area contributed by atoms with Gasteiger partial charge in [0.25, 0.3) is 5.91 Å². The van der Waals surface area contributed by atoms with Gasteiger partial charge in [0.15, 0.2) is 6.61 Å². The molecule has 0 radical (unpaired) electrons. The van der Waals surface area contributed by atoms with E-state index in [4.69, 9.17) is 10.00 Å². The van der Waals surface area contributed by atoms with Gasteiger partial charge in [-0.05, 0) is 36.4 Å². The number of nitriles is 1. The second-order valence-corrected chi connectivity index (χ2v) is 5.28. The van der Waals surface area contributed by atoms with Gasteiger partial charge in [-0.25, -0.2) is 4.98 Å². The lowest BCUT2D eigenvalue weighted by atomic mass is 10.2. The monoisotopic (exact) mass is 320 g/mol. The van der Waals surface area contributed by atoms with Gasteiger partial charge in [0, 0.05) is 7.05 Å². The summed E-state index contributed by atoms with van der Waals surface area (Å²) in [5.41, 5.74) is 2.47. The van der Waals surface area contributed by atoms with Crippen molar-refractivity contribution in [2.45, 2.75) is 6.54 Å². The number of aryl methyl sites for hydroxylation is 1. The topological polar surface area (TPSA) is 79.9 Å². The van der Waals surface area contributed by atoms with Gasteiger partial charge in [0.05, 0.1) is 29.2 Å². The van der Waals surface area contributed by atoms with Crippen LogP contribution in [0, 0.1) is 11.3 Å². The van der Waals surface area contributed by atoms with Crippen LogP contribution in [0.2, 0.25) is 0 Å². The smallest absolute Gasteiger partial charge is 0.258 e. The highest BCUT2D eigenvalue weighted by Crippen LogP contribution is 2.14. The van der Waals surface area contributed by atoms with Crippen LogP contribution in [-0.4, -0.2) is 22.1 Å². The maximum Gasteiger partial charge on any atom is 0.258 e. The normalized spacial score (nSPS) is 10.3. The van der Waals surface area contributed by atoms with E-state index in [-0.39, 0.29) is 12.5 Å². The Labute approximate surface area is 139 Å². The van der Waals surface area contributed by atoms with E-state index in [0.717, 1.165) is 16.9 Å². The van der Waals surface area contributed by atoms with E-state index < -0.39 is 0 Å². The minimum absolute atomic E-state index is 0.0875. The number of nitrogens with zero attached hydrogens (tertiary/aromatic N) is 3. The summed E-state index contributed by atoms with van der Waals surface area (Å²) in [7, 11) is 1.92. The van der Waals surface area contributed by atoms with Crippen molar-refractivity contribution in [2.75, 3.05) is 6.61 Å². The van der Waals surface area contributed by atoms with Gasteiger partial charge in [-0.1, -0.05) is 12.1 Å². The van der Waals surface area contributed by atoms with E-state index in [1.165, 1.54) is 0 Å².